The molecule has 0 aliphatic carbocycles. The first-order chi connectivity index (χ1) is 11.3. The summed E-state index contributed by atoms with van der Waals surface area (Å²) in [4.78, 5) is 25.6. The van der Waals surface area contributed by atoms with Gasteiger partial charge in [0.25, 0.3) is 5.91 Å². The summed E-state index contributed by atoms with van der Waals surface area (Å²) in [6.07, 6.45) is 2.08. The number of carbonyl (C=O) groups excluding carboxylic acids is 2. The van der Waals surface area contributed by atoms with Gasteiger partial charge in [0.15, 0.2) is 0 Å². The van der Waals surface area contributed by atoms with Crippen molar-refractivity contribution in [2.24, 2.45) is 11.8 Å². The Balaban J connectivity index is 4.28. The molecule has 0 rings (SSSR count). The molecule has 0 saturated heterocycles. The van der Waals surface area contributed by atoms with Crippen LogP contribution in [0.4, 0.5) is 0 Å². The van der Waals surface area contributed by atoms with Gasteiger partial charge in [0, 0.05) is 33.7 Å². The van der Waals surface area contributed by atoms with E-state index >= 15 is 0 Å². The number of aliphatic hydroxyl groups is 1. The lowest BCUT2D eigenvalue weighted by Crippen LogP contribution is -2.46. The number of carbonyl (C=O) groups is 2. The number of hydrogen-bond acceptors (Lipinski definition) is 4. The first kappa shape index (κ1) is 22.9. The fourth-order valence-electron chi connectivity index (χ4n) is 2.69. The molecule has 0 aromatic rings. The normalized spacial score (nSPS) is 16.1. The Morgan fingerprint density at radius 2 is 1.88 bits per heavy atom. The van der Waals surface area contributed by atoms with Gasteiger partial charge in [-0.05, 0) is 11.8 Å². The number of amides is 2. The lowest BCUT2D eigenvalue weighted by molar-refractivity contribution is -0.144. The number of aliphatic hydroxyl groups excluding tert-OH is 1. The number of rotatable bonds is 12. The molecule has 0 radical (unpaired) electrons. The molecule has 2 N–H and O–H groups in total. The molecule has 0 heterocycles. The maximum absolute atomic E-state index is 12.4. The molecule has 4 atom stereocenters. The molecule has 6 nitrogen and oxygen atoms in total. The fraction of sp³-hybridized carbons (Fsp3) is 0.889. The third-order valence-electron chi connectivity index (χ3n) is 4.37. The summed E-state index contributed by atoms with van der Waals surface area (Å²) in [7, 11) is 3.17. The van der Waals surface area contributed by atoms with E-state index in [9.17, 15) is 14.7 Å². The maximum Gasteiger partial charge on any atom is 0.251 e. The van der Waals surface area contributed by atoms with Crippen LogP contribution in [0.3, 0.4) is 0 Å². The van der Waals surface area contributed by atoms with Gasteiger partial charge in [0.05, 0.1) is 6.10 Å². The molecule has 0 aromatic carbocycles. The van der Waals surface area contributed by atoms with Crippen molar-refractivity contribution in [3.63, 3.8) is 0 Å². The number of likely N-dealkylation sites (N-methyl/N-ethyl adjacent to an activating group) is 1. The van der Waals surface area contributed by atoms with Crippen molar-refractivity contribution in [2.45, 2.75) is 65.6 Å². The predicted molar refractivity (Wildman–Crippen MR) is 95.6 cm³/mol. The van der Waals surface area contributed by atoms with Crippen molar-refractivity contribution in [1.82, 2.24) is 10.2 Å². The lowest BCUT2D eigenvalue weighted by atomic mass is 10.0. The fourth-order valence-corrected chi connectivity index (χ4v) is 2.69. The average Bonchev–Trinajstić information content (AvgIpc) is 2.53. The van der Waals surface area contributed by atoms with Crippen LogP contribution >= 0.6 is 0 Å². The lowest BCUT2D eigenvalue weighted by Gasteiger charge is -2.28. The van der Waals surface area contributed by atoms with Crippen molar-refractivity contribution in [1.29, 1.82) is 0 Å². The molecule has 4 unspecified atom stereocenters. The van der Waals surface area contributed by atoms with E-state index in [2.05, 4.69) is 12.2 Å². The van der Waals surface area contributed by atoms with Gasteiger partial charge in [-0.25, -0.2) is 0 Å². The van der Waals surface area contributed by atoms with E-state index in [1.807, 2.05) is 20.8 Å². The van der Waals surface area contributed by atoms with Gasteiger partial charge in [-0.3, -0.25) is 9.59 Å². The molecule has 0 aliphatic rings. The Morgan fingerprint density at radius 1 is 1.25 bits per heavy atom. The Morgan fingerprint density at radius 3 is 2.38 bits per heavy atom. The predicted octanol–water partition coefficient (Wildman–Crippen LogP) is 1.81. The zero-order valence-corrected chi connectivity index (χ0v) is 16.2. The molecule has 0 spiro atoms. The largest absolute Gasteiger partial charge is 0.389 e. The summed E-state index contributed by atoms with van der Waals surface area (Å²) in [5.74, 6) is 0.253. The van der Waals surface area contributed by atoms with Gasteiger partial charge in [0.2, 0.25) is 5.91 Å². The number of methoxy groups -OCH3 is 1. The van der Waals surface area contributed by atoms with E-state index in [-0.39, 0.29) is 30.8 Å². The molecule has 0 aromatic heterocycles. The van der Waals surface area contributed by atoms with Gasteiger partial charge < -0.3 is 20.1 Å². The van der Waals surface area contributed by atoms with Gasteiger partial charge in [-0.2, -0.15) is 0 Å². The Bertz CT molecular complexity index is 376. The molecule has 0 fully saturated rings. The summed E-state index contributed by atoms with van der Waals surface area (Å²) in [5, 5.41) is 12.8. The SMILES string of the molecule is CCCC(C)CC(=O)NCC(O)CN(C)C(=O)C(OC)C(C)CC. The zero-order chi connectivity index (χ0) is 18.7. The summed E-state index contributed by atoms with van der Waals surface area (Å²) >= 11 is 0. The van der Waals surface area contributed by atoms with E-state index < -0.39 is 12.2 Å². The van der Waals surface area contributed by atoms with E-state index in [4.69, 9.17) is 4.74 Å². The molecule has 6 heteroatoms. The van der Waals surface area contributed by atoms with Crippen LogP contribution in [-0.4, -0.2) is 61.3 Å². The average molecular weight is 344 g/mol. The molecule has 0 bridgehead atoms. The maximum atomic E-state index is 12.4. The molecular formula is C18H36N2O4. The monoisotopic (exact) mass is 344 g/mol. The molecule has 0 aliphatic heterocycles. The summed E-state index contributed by atoms with van der Waals surface area (Å²) in [6, 6.07) is 0. The number of hydrogen-bond donors (Lipinski definition) is 2. The molecule has 2 amide bonds. The van der Waals surface area contributed by atoms with Crippen LogP contribution in [0.15, 0.2) is 0 Å². The third-order valence-corrected chi connectivity index (χ3v) is 4.37. The molecule has 142 valence electrons. The Hall–Kier alpha value is -1.14. The van der Waals surface area contributed by atoms with Crippen LogP contribution in [0.1, 0.15) is 53.4 Å². The van der Waals surface area contributed by atoms with Gasteiger partial charge in [-0.1, -0.05) is 47.0 Å². The van der Waals surface area contributed by atoms with Crippen molar-refractivity contribution >= 4 is 11.8 Å². The molecular weight excluding hydrogens is 308 g/mol. The van der Waals surface area contributed by atoms with Crippen molar-refractivity contribution < 1.29 is 19.4 Å². The van der Waals surface area contributed by atoms with Crippen molar-refractivity contribution in [3.05, 3.63) is 0 Å². The van der Waals surface area contributed by atoms with Crippen LogP contribution in [0.2, 0.25) is 0 Å². The van der Waals surface area contributed by atoms with Crippen molar-refractivity contribution in [3.8, 4) is 0 Å². The minimum Gasteiger partial charge on any atom is -0.389 e. The van der Waals surface area contributed by atoms with Gasteiger partial charge in [0.1, 0.15) is 6.10 Å². The summed E-state index contributed by atoms with van der Waals surface area (Å²) < 4.78 is 5.29. The van der Waals surface area contributed by atoms with E-state index in [0.29, 0.717) is 12.3 Å². The third kappa shape index (κ3) is 8.64. The number of nitrogens with one attached hydrogen (secondary N) is 1. The number of ether oxygens (including phenoxy) is 1. The van der Waals surface area contributed by atoms with E-state index in [0.717, 1.165) is 19.3 Å². The molecule has 0 saturated carbocycles. The second-order valence-electron chi connectivity index (χ2n) is 6.82. The number of nitrogens with zero attached hydrogens (tertiary/aromatic N) is 1. The van der Waals surface area contributed by atoms with Crippen LogP contribution in [0.25, 0.3) is 0 Å². The quantitative estimate of drug-likeness (QED) is 0.566. The summed E-state index contributed by atoms with van der Waals surface area (Å²) in [5.41, 5.74) is 0. The summed E-state index contributed by atoms with van der Waals surface area (Å²) in [6.45, 7) is 8.43. The Kier molecular flexibility index (Phi) is 11.7. The minimum absolute atomic E-state index is 0.0571. The van der Waals surface area contributed by atoms with Crippen LogP contribution < -0.4 is 5.32 Å². The Labute approximate surface area is 146 Å². The molecule has 24 heavy (non-hydrogen) atoms. The minimum atomic E-state index is -0.793. The van der Waals surface area contributed by atoms with Gasteiger partial charge in [-0.15, -0.1) is 0 Å². The van der Waals surface area contributed by atoms with Gasteiger partial charge >= 0.3 is 0 Å². The van der Waals surface area contributed by atoms with E-state index in [1.54, 1.807) is 7.05 Å². The van der Waals surface area contributed by atoms with Crippen molar-refractivity contribution in [2.75, 3.05) is 27.2 Å². The highest BCUT2D eigenvalue weighted by atomic mass is 16.5. The highest BCUT2D eigenvalue weighted by molar-refractivity contribution is 5.81. The van der Waals surface area contributed by atoms with E-state index in [1.165, 1.54) is 12.0 Å². The smallest absolute Gasteiger partial charge is 0.251 e. The second kappa shape index (κ2) is 12.3. The zero-order valence-electron chi connectivity index (χ0n) is 16.2. The van der Waals surface area contributed by atoms with Crippen LogP contribution in [0.5, 0.6) is 0 Å². The first-order valence-electron chi connectivity index (χ1n) is 8.99. The first-order valence-corrected chi connectivity index (χ1v) is 8.99. The highest BCUT2D eigenvalue weighted by Crippen LogP contribution is 2.13. The van der Waals surface area contributed by atoms with Crippen LogP contribution in [-0.2, 0) is 14.3 Å². The topological polar surface area (TPSA) is 78.9 Å². The standard InChI is InChI=1S/C18H36N2O4/c1-7-9-13(3)10-16(22)19-11-15(21)12-20(5)18(23)17(24-6)14(4)8-2/h13-15,17,21H,7-12H2,1-6H3,(H,19,22). The van der Waals surface area contributed by atoms with Crippen LogP contribution in [0, 0.1) is 11.8 Å². The second-order valence-corrected chi connectivity index (χ2v) is 6.82. The highest BCUT2D eigenvalue weighted by Gasteiger charge is 2.27.